The van der Waals surface area contributed by atoms with E-state index in [2.05, 4.69) is 43.7 Å². The Morgan fingerprint density at radius 1 is 1.11 bits per heavy atom. The van der Waals surface area contributed by atoms with Gasteiger partial charge in [-0.05, 0) is 44.4 Å². The first kappa shape index (κ1) is 29.4. The van der Waals surface area contributed by atoms with Crippen molar-refractivity contribution >= 4 is 46.1 Å². The molecule has 9 heteroatoms. The van der Waals surface area contributed by atoms with E-state index in [0.717, 1.165) is 76.1 Å². The van der Waals surface area contributed by atoms with Crippen molar-refractivity contribution in [3.63, 3.8) is 0 Å². The molecule has 0 bridgehead atoms. The number of carbonyl (C=O) groups excluding carboxylic acids is 1. The van der Waals surface area contributed by atoms with Crippen LogP contribution in [0.5, 0.6) is 0 Å². The first-order chi connectivity index (χ1) is 17.8. The van der Waals surface area contributed by atoms with Crippen LogP contribution in [0.4, 0.5) is 5.82 Å². The number of amides is 1. The molecule has 0 saturated carbocycles. The molecule has 1 amide bonds. The lowest BCUT2D eigenvalue weighted by Crippen LogP contribution is -2.47. The van der Waals surface area contributed by atoms with E-state index in [1.54, 1.807) is 9.47 Å². The number of carbonyl (C=O) groups is 1. The Labute approximate surface area is 231 Å². The molecule has 0 aliphatic carbocycles. The summed E-state index contributed by atoms with van der Waals surface area (Å²) < 4.78 is 2.36. The van der Waals surface area contributed by atoms with Gasteiger partial charge in [-0.1, -0.05) is 70.4 Å². The second-order valence-electron chi connectivity index (χ2n) is 10.2. The summed E-state index contributed by atoms with van der Waals surface area (Å²) in [6.07, 6.45) is 8.05. The van der Waals surface area contributed by atoms with E-state index in [0.29, 0.717) is 33.8 Å². The van der Waals surface area contributed by atoms with Gasteiger partial charge in [-0.3, -0.25) is 19.1 Å². The van der Waals surface area contributed by atoms with Crippen molar-refractivity contribution in [2.24, 2.45) is 5.92 Å². The van der Waals surface area contributed by atoms with Gasteiger partial charge in [-0.25, -0.2) is 0 Å². The molecular weight excluding hydrogens is 502 g/mol. The molecule has 2 saturated heterocycles. The third-order valence-corrected chi connectivity index (χ3v) is 8.90. The van der Waals surface area contributed by atoms with Crippen molar-refractivity contribution in [3.8, 4) is 6.07 Å². The number of pyridine rings is 1. The molecule has 0 radical (unpaired) electrons. The lowest BCUT2D eigenvalue weighted by atomic mass is 9.99. The van der Waals surface area contributed by atoms with Crippen LogP contribution in [0.3, 0.4) is 0 Å². The molecule has 0 spiro atoms. The van der Waals surface area contributed by atoms with Gasteiger partial charge in [0.1, 0.15) is 21.8 Å². The molecule has 0 aromatic carbocycles. The maximum absolute atomic E-state index is 13.6. The van der Waals surface area contributed by atoms with Gasteiger partial charge in [0.2, 0.25) is 0 Å². The van der Waals surface area contributed by atoms with E-state index >= 15 is 0 Å². The van der Waals surface area contributed by atoms with E-state index in [-0.39, 0.29) is 17.0 Å². The Morgan fingerprint density at radius 3 is 2.38 bits per heavy atom. The van der Waals surface area contributed by atoms with Gasteiger partial charge in [0, 0.05) is 44.8 Å². The van der Waals surface area contributed by atoms with E-state index < -0.39 is 0 Å². The average Bonchev–Trinajstić information content (AvgIpc) is 3.15. The molecule has 2 aliphatic heterocycles. The zero-order valence-corrected chi connectivity index (χ0v) is 24.6. The standard InChI is InChI=1S/C28H41N5O2S2/c1-6-9-11-21(8-3)19-33-27(35)24(37-28(33)36)17-22-20(4)23(18-29)26(34)32(12-10-7-2)25(22)31-15-13-30(5)14-16-31/h17,21H,6-16,19H2,1-5H3. The topological polar surface area (TPSA) is 72.6 Å². The fourth-order valence-corrected chi connectivity index (χ4v) is 6.25. The molecule has 3 rings (SSSR count). The van der Waals surface area contributed by atoms with Crippen LogP contribution in [0.25, 0.3) is 6.08 Å². The van der Waals surface area contributed by atoms with E-state index in [9.17, 15) is 14.9 Å². The SMILES string of the molecule is CCCCC(CC)CN1C(=O)C(=Cc2c(C)c(C#N)c(=O)n(CCCC)c2N2CCN(C)CC2)SC1=S. The number of piperazine rings is 1. The first-order valence-electron chi connectivity index (χ1n) is 13.6. The molecule has 3 heterocycles. The van der Waals surface area contributed by atoms with Crippen LogP contribution in [0.2, 0.25) is 0 Å². The van der Waals surface area contributed by atoms with Crippen LogP contribution in [0.1, 0.15) is 76.0 Å². The third kappa shape index (κ3) is 6.65. The summed E-state index contributed by atoms with van der Waals surface area (Å²) in [5, 5.41) is 9.90. The van der Waals surface area contributed by atoms with Crippen molar-refractivity contribution in [3.05, 3.63) is 31.9 Å². The van der Waals surface area contributed by atoms with E-state index in [1.807, 2.05) is 13.0 Å². The number of hydrogen-bond acceptors (Lipinski definition) is 7. The second kappa shape index (κ2) is 13.6. The Balaban J connectivity index is 2.09. The van der Waals surface area contributed by atoms with Crippen molar-refractivity contribution in [1.82, 2.24) is 14.4 Å². The van der Waals surface area contributed by atoms with Gasteiger partial charge >= 0.3 is 0 Å². The summed E-state index contributed by atoms with van der Waals surface area (Å²) in [6, 6.07) is 2.15. The predicted octanol–water partition coefficient (Wildman–Crippen LogP) is 5.00. The van der Waals surface area contributed by atoms with Crippen LogP contribution in [-0.4, -0.2) is 64.4 Å². The number of thioether (sulfide) groups is 1. The Morgan fingerprint density at radius 2 is 1.78 bits per heavy atom. The molecule has 1 atom stereocenters. The molecule has 202 valence electrons. The third-order valence-electron chi connectivity index (χ3n) is 7.52. The molecular formula is C28H41N5O2S2. The average molecular weight is 544 g/mol. The van der Waals surface area contributed by atoms with Crippen LogP contribution >= 0.6 is 24.0 Å². The van der Waals surface area contributed by atoms with Gasteiger partial charge in [0.25, 0.3) is 11.5 Å². The van der Waals surface area contributed by atoms with E-state index in [4.69, 9.17) is 12.2 Å². The molecule has 7 nitrogen and oxygen atoms in total. The lowest BCUT2D eigenvalue weighted by Gasteiger charge is -2.36. The first-order valence-corrected chi connectivity index (χ1v) is 14.9. The maximum Gasteiger partial charge on any atom is 0.270 e. The van der Waals surface area contributed by atoms with Crippen LogP contribution in [-0.2, 0) is 11.3 Å². The van der Waals surface area contributed by atoms with Gasteiger partial charge in [-0.15, -0.1) is 0 Å². The number of likely N-dealkylation sites (N-methyl/N-ethyl adjacent to an activating group) is 1. The van der Waals surface area contributed by atoms with Crippen LogP contribution < -0.4 is 10.5 Å². The molecule has 1 aromatic rings. The number of aromatic nitrogens is 1. The molecule has 1 aromatic heterocycles. The lowest BCUT2D eigenvalue weighted by molar-refractivity contribution is -0.122. The molecule has 2 fully saturated rings. The Kier molecular flexibility index (Phi) is 10.8. The molecule has 2 aliphatic rings. The fourth-order valence-electron chi connectivity index (χ4n) is 4.99. The second-order valence-corrected chi connectivity index (χ2v) is 11.8. The quantitative estimate of drug-likeness (QED) is 0.287. The summed E-state index contributed by atoms with van der Waals surface area (Å²) in [5.74, 6) is 1.17. The monoisotopic (exact) mass is 543 g/mol. The predicted molar refractivity (Wildman–Crippen MR) is 158 cm³/mol. The highest BCUT2D eigenvalue weighted by molar-refractivity contribution is 8.26. The Bertz CT molecular complexity index is 1130. The van der Waals surface area contributed by atoms with Crippen molar-refractivity contribution in [1.29, 1.82) is 5.26 Å². The van der Waals surface area contributed by atoms with Gasteiger partial charge in [0.05, 0.1) is 4.91 Å². The highest BCUT2D eigenvalue weighted by atomic mass is 32.2. The maximum atomic E-state index is 13.6. The molecule has 1 unspecified atom stereocenters. The molecule has 0 N–H and O–H groups in total. The van der Waals surface area contributed by atoms with Crippen LogP contribution in [0.15, 0.2) is 9.70 Å². The van der Waals surface area contributed by atoms with Crippen molar-refractivity contribution < 1.29 is 4.79 Å². The Hall–Kier alpha value is -2.15. The molecule has 37 heavy (non-hydrogen) atoms. The fraction of sp³-hybridized carbons (Fsp3) is 0.643. The largest absolute Gasteiger partial charge is 0.355 e. The summed E-state index contributed by atoms with van der Waals surface area (Å²) in [5.41, 5.74) is 1.33. The summed E-state index contributed by atoms with van der Waals surface area (Å²) >= 11 is 6.98. The number of unbranched alkanes of at least 4 members (excludes halogenated alkanes) is 2. The minimum atomic E-state index is -0.242. The van der Waals surface area contributed by atoms with E-state index in [1.165, 1.54) is 11.8 Å². The zero-order valence-electron chi connectivity index (χ0n) is 23.0. The number of rotatable bonds is 11. The number of thiocarbonyl (C=S) groups is 1. The highest BCUT2D eigenvalue weighted by Crippen LogP contribution is 2.37. The van der Waals surface area contributed by atoms with Gasteiger partial charge in [0.15, 0.2) is 0 Å². The smallest absolute Gasteiger partial charge is 0.270 e. The minimum Gasteiger partial charge on any atom is -0.355 e. The summed E-state index contributed by atoms with van der Waals surface area (Å²) in [7, 11) is 2.10. The number of anilines is 1. The minimum absolute atomic E-state index is 0.0708. The van der Waals surface area contributed by atoms with Crippen LogP contribution in [0, 0.1) is 24.2 Å². The number of nitrogens with zero attached hydrogens (tertiary/aromatic N) is 5. The number of nitriles is 1. The summed E-state index contributed by atoms with van der Waals surface area (Å²) in [6.45, 7) is 12.8. The van der Waals surface area contributed by atoms with Crippen molar-refractivity contribution in [2.45, 2.75) is 72.8 Å². The normalized spacial score (nSPS) is 18.6. The van der Waals surface area contributed by atoms with Gasteiger partial charge in [-0.2, -0.15) is 5.26 Å². The van der Waals surface area contributed by atoms with Crippen molar-refractivity contribution in [2.75, 3.05) is 44.7 Å². The highest BCUT2D eigenvalue weighted by Gasteiger charge is 2.34. The zero-order chi connectivity index (χ0) is 27.1. The summed E-state index contributed by atoms with van der Waals surface area (Å²) in [4.78, 5) is 33.8. The number of hydrogen-bond donors (Lipinski definition) is 0. The van der Waals surface area contributed by atoms with Gasteiger partial charge < -0.3 is 9.80 Å².